The van der Waals surface area contributed by atoms with Gasteiger partial charge in [0.25, 0.3) is 0 Å². The summed E-state index contributed by atoms with van der Waals surface area (Å²) in [6.07, 6.45) is 0.831. The Morgan fingerprint density at radius 2 is 2.26 bits per heavy atom. The number of hydrogen-bond donors (Lipinski definition) is 2. The highest BCUT2D eigenvalue weighted by Gasteiger charge is 2.29. The molecule has 2 rings (SSSR count). The number of hydrogen-bond acceptors (Lipinski definition) is 3. The van der Waals surface area contributed by atoms with Gasteiger partial charge in [0.2, 0.25) is 5.91 Å². The van der Waals surface area contributed by atoms with Crippen LogP contribution in [-0.2, 0) is 9.53 Å². The lowest BCUT2D eigenvalue weighted by atomic mass is 9.87. The fourth-order valence-corrected chi connectivity index (χ4v) is 2.50. The molecule has 0 radical (unpaired) electrons. The van der Waals surface area contributed by atoms with Crippen molar-refractivity contribution in [1.82, 2.24) is 5.32 Å². The maximum absolute atomic E-state index is 12.3. The van der Waals surface area contributed by atoms with Crippen LogP contribution in [0, 0.1) is 0 Å². The van der Waals surface area contributed by atoms with E-state index in [0.717, 1.165) is 17.7 Å². The molecule has 2 unspecified atom stereocenters. The van der Waals surface area contributed by atoms with Gasteiger partial charge in [-0.25, -0.2) is 0 Å². The third kappa shape index (κ3) is 3.47. The molecule has 0 saturated carbocycles. The van der Waals surface area contributed by atoms with Crippen molar-refractivity contribution in [2.45, 2.75) is 32.2 Å². The third-order valence-electron chi connectivity index (χ3n) is 3.39. The molecule has 19 heavy (non-hydrogen) atoms. The molecule has 0 aromatic heterocycles. The van der Waals surface area contributed by atoms with Crippen molar-refractivity contribution in [2.75, 3.05) is 25.1 Å². The van der Waals surface area contributed by atoms with Crippen LogP contribution in [0.2, 0.25) is 0 Å². The van der Waals surface area contributed by atoms with Gasteiger partial charge < -0.3 is 15.4 Å². The van der Waals surface area contributed by atoms with Crippen LogP contribution in [0.15, 0.2) is 24.3 Å². The van der Waals surface area contributed by atoms with Crippen LogP contribution in [0.3, 0.4) is 0 Å². The first kappa shape index (κ1) is 13.9. The lowest BCUT2D eigenvalue weighted by Gasteiger charge is -2.30. The summed E-state index contributed by atoms with van der Waals surface area (Å²) in [5.41, 5.74) is 2.17. The molecule has 4 heteroatoms. The highest BCUT2D eigenvalue weighted by Crippen LogP contribution is 2.33. The second-order valence-corrected chi connectivity index (χ2v) is 4.91. The lowest BCUT2D eigenvalue weighted by Crippen LogP contribution is -2.37. The molecule has 2 N–H and O–H groups in total. The number of para-hydroxylation sites is 1. The molecular weight excluding hydrogens is 240 g/mol. The SMILES string of the molecule is CCOCCNC(=O)C1CC(C)Nc2ccccc21. The highest BCUT2D eigenvalue weighted by molar-refractivity contribution is 5.86. The van der Waals surface area contributed by atoms with Gasteiger partial charge in [0.05, 0.1) is 12.5 Å². The summed E-state index contributed by atoms with van der Waals surface area (Å²) < 4.78 is 5.23. The fourth-order valence-electron chi connectivity index (χ4n) is 2.50. The fraction of sp³-hybridized carbons (Fsp3) is 0.533. The normalized spacial score (nSPS) is 21.4. The molecule has 1 aliphatic rings. The zero-order valence-corrected chi connectivity index (χ0v) is 11.6. The first-order chi connectivity index (χ1) is 9.22. The van der Waals surface area contributed by atoms with E-state index < -0.39 is 0 Å². The first-order valence-electron chi connectivity index (χ1n) is 6.93. The smallest absolute Gasteiger partial charge is 0.227 e. The minimum atomic E-state index is -0.0610. The number of fused-ring (bicyclic) bond motifs is 1. The maximum Gasteiger partial charge on any atom is 0.227 e. The largest absolute Gasteiger partial charge is 0.382 e. The van der Waals surface area contributed by atoms with Crippen molar-refractivity contribution < 1.29 is 9.53 Å². The maximum atomic E-state index is 12.3. The van der Waals surface area contributed by atoms with E-state index in [1.807, 2.05) is 31.2 Å². The molecular formula is C15H22N2O2. The van der Waals surface area contributed by atoms with Gasteiger partial charge in [0, 0.05) is 24.9 Å². The van der Waals surface area contributed by atoms with E-state index >= 15 is 0 Å². The highest BCUT2D eigenvalue weighted by atomic mass is 16.5. The number of carbonyl (C=O) groups excluding carboxylic acids is 1. The average Bonchev–Trinajstić information content (AvgIpc) is 2.42. The molecule has 1 heterocycles. The van der Waals surface area contributed by atoms with Crippen LogP contribution in [0.25, 0.3) is 0 Å². The molecule has 0 bridgehead atoms. The minimum absolute atomic E-state index is 0.0610. The molecule has 0 aliphatic carbocycles. The number of anilines is 1. The van der Waals surface area contributed by atoms with Crippen LogP contribution < -0.4 is 10.6 Å². The van der Waals surface area contributed by atoms with Crippen molar-refractivity contribution in [2.24, 2.45) is 0 Å². The van der Waals surface area contributed by atoms with Crippen molar-refractivity contribution in [3.05, 3.63) is 29.8 Å². The van der Waals surface area contributed by atoms with Crippen molar-refractivity contribution in [3.8, 4) is 0 Å². The number of ether oxygens (including phenoxy) is 1. The molecule has 104 valence electrons. The predicted molar refractivity (Wildman–Crippen MR) is 76.4 cm³/mol. The summed E-state index contributed by atoms with van der Waals surface area (Å²) in [6, 6.07) is 8.36. The molecule has 0 fully saturated rings. The molecule has 1 aromatic carbocycles. The number of nitrogens with one attached hydrogen (secondary N) is 2. The zero-order chi connectivity index (χ0) is 13.7. The van der Waals surface area contributed by atoms with Gasteiger partial charge in [-0.2, -0.15) is 0 Å². The van der Waals surface area contributed by atoms with Gasteiger partial charge in [-0.3, -0.25) is 4.79 Å². The van der Waals surface area contributed by atoms with Crippen LogP contribution in [0.1, 0.15) is 31.7 Å². The molecule has 4 nitrogen and oxygen atoms in total. The van der Waals surface area contributed by atoms with Crippen molar-refractivity contribution >= 4 is 11.6 Å². The van der Waals surface area contributed by atoms with Gasteiger partial charge in [-0.15, -0.1) is 0 Å². The molecule has 2 atom stereocenters. The number of amides is 1. The van der Waals surface area contributed by atoms with Crippen molar-refractivity contribution in [1.29, 1.82) is 0 Å². The van der Waals surface area contributed by atoms with E-state index in [1.54, 1.807) is 0 Å². The Kier molecular flexibility index (Phi) is 4.80. The van der Waals surface area contributed by atoms with E-state index in [2.05, 4.69) is 17.6 Å². The van der Waals surface area contributed by atoms with Gasteiger partial charge in [0.15, 0.2) is 0 Å². The molecule has 1 amide bonds. The molecule has 1 aromatic rings. The predicted octanol–water partition coefficient (Wildman–Crippen LogP) is 2.13. The average molecular weight is 262 g/mol. The van der Waals surface area contributed by atoms with E-state index in [0.29, 0.717) is 25.8 Å². The Morgan fingerprint density at radius 3 is 3.05 bits per heavy atom. The van der Waals surface area contributed by atoms with E-state index in [4.69, 9.17) is 4.74 Å². The topological polar surface area (TPSA) is 50.4 Å². The van der Waals surface area contributed by atoms with Crippen LogP contribution in [0.5, 0.6) is 0 Å². The Hall–Kier alpha value is -1.55. The molecule has 1 aliphatic heterocycles. The van der Waals surface area contributed by atoms with E-state index in [1.165, 1.54) is 0 Å². The summed E-state index contributed by atoms with van der Waals surface area (Å²) >= 11 is 0. The van der Waals surface area contributed by atoms with Crippen LogP contribution in [-0.4, -0.2) is 31.7 Å². The number of carbonyl (C=O) groups is 1. The number of rotatable bonds is 5. The van der Waals surface area contributed by atoms with Gasteiger partial charge >= 0.3 is 0 Å². The van der Waals surface area contributed by atoms with Crippen molar-refractivity contribution in [3.63, 3.8) is 0 Å². The monoisotopic (exact) mass is 262 g/mol. The Balaban J connectivity index is 2.01. The summed E-state index contributed by atoms with van der Waals surface area (Å²) in [4.78, 5) is 12.3. The Labute approximate surface area is 114 Å². The Morgan fingerprint density at radius 1 is 1.47 bits per heavy atom. The minimum Gasteiger partial charge on any atom is -0.382 e. The van der Waals surface area contributed by atoms with Gasteiger partial charge in [0.1, 0.15) is 0 Å². The third-order valence-corrected chi connectivity index (χ3v) is 3.39. The van der Waals surface area contributed by atoms with Gasteiger partial charge in [-0.1, -0.05) is 18.2 Å². The van der Waals surface area contributed by atoms with Crippen LogP contribution >= 0.6 is 0 Å². The summed E-state index contributed by atoms with van der Waals surface area (Å²) in [7, 11) is 0. The van der Waals surface area contributed by atoms with E-state index in [9.17, 15) is 4.79 Å². The summed E-state index contributed by atoms with van der Waals surface area (Å²) in [5, 5.41) is 6.37. The van der Waals surface area contributed by atoms with Crippen LogP contribution in [0.4, 0.5) is 5.69 Å². The lowest BCUT2D eigenvalue weighted by molar-refractivity contribution is -0.123. The first-order valence-corrected chi connectivity index (χ1v) is 6.93. The summed E-state index contributed by atoms with van der Waals surface area (Å²) in [5.74, 6) is 0.0366. The summed E-state index contributed by atoms with van der Waals surface area (Å²) in [6.45, 7) is 5.89. The standard InChI is InChI=1S/C15H22N2O2/c1-3-19-9-8-16-15(18)13-10-11(2)17-14-7-5-4-6-12(13)14/h4-7,11,13,17H,3,8-10H2,1-2H3,(H,16,18). The second-order valence-electron chi connectivity index (χ2n) is 4.91. The van der Waals surface area contributed by atoms with Gasteiger partial charge in [-0.05, 0) is 31.9 Å². The quantitative estimate of drug-likeness (QED) is 0.799. The Bertz CT molecular complexity index is 434. The van der Waals surface area contributed by atoms with E-state index in [-0.39, 0.29) is 11.8 Å². The molecule has 0 spiro atoms. The number of benzene rings is 1. The molecule has 0 saturated heterocycles. The zero-order valence-electron chi connectivity index (χ0n) is 11.6. The second kappa shape index (κ2) is 6.57.